The van der Waals surface area contributed by atoms with Gasteiger partial charge in [0.2, 0.25) is 0 Å². The number of amides is 2. The Bertz CT molecular complexity index is 349. The number of carboxylic acid groups (broad SMARTS) is 1. The van der Waals surface area contributed by atoms with Gasteiger partial charge >= 0.3 is 12.0 Å². The number of carboxylic acids is 1. The van der Waals surface area contributed by atoms with Gasteiger partial charge in [-0.3, -0.25) is 0 Å². The number of β-amino-alcohol motifs (C(OH)–C–C–N with tert-alkyl or cyclic N) is 1. The molecule has 7 nitrogen and oxygen atoms in total. The molecule has 7 heteroatoms. The molecule has 0 spiro atoms. The lowest BCUT2D eigenvalue weighted by Gasteiger charge is -2.23. The van der Waals surface area contributed by atoms with E-state index in [1.165, 1.54) is 4.90 Å². The average molecular weight is 287 g/mol. The number of carbonyl (C=O) groups is 2. The topological polar surface area (TPSA) is 93.1 Å². The number of carbonyl (C=O) groups excluding carboxylic acids is 1. The summed E-state index contributed by atoms with van der Waals surface area (Å²) >= 11 is 0. The minimum absolute atomic E-state index is 0.0781. The Kier molecular flexibility index (Phi) is 6.22. The van der Waals surface area contributed by atoms with Crippen molar-refractivity contribution in [3.63, 3.8) is 0 Å². The third-order valence-electron chi connectivity index (χ3n) is 3.67. The lowest BCUT2D eigenvalue weighted by atomic mass is 10.2. The van der Waals surface area contributed by atoms with E-state index in [4.69, 9.17) is 5.11 Å². The largest absolute Gasteiger partial charge is 0.480 e. The zero-order valence-corrected chi connectivity index (χ0v) is 12.4. The van der Waals surface area contributed by atoms with Gasteiger partial charge in [-0.2, -0.15) is 0 Å². The molecule has 1 rings (SSSR count). The van der Waals surface area contributed by atoms with Crippen molar-refractivity contribution < 1.29 is 19.8 Å². The molecule has 1 aliphatic heterocycles. The lowest BCUT2D eigenvalue weighted by molar-refractivity contribution is -0.141. The predicted octanol–water partition coefficient (Wildman–Crippen LogP) is -0.0539. The molecular weight excluding hydrogens is 262 g/mol. The smallest absolute Gasteiger partial charge is 0.326 e. The molecule has 0 bridgehead atoms. The minimum Gasteiger partial charge on any atom is -0.480 e. The van der Waals surface area contributed by atoms with Gasteiger partial charge in [-0.1, -0.05) is 0 Å². The van der Waals surface area contributed by atoms with Crippen LogP contribution < -0.4 is 5.32 Å². The van der Waals surface area contributed by atoms with Crippen LogP contribution in [0.25, 0.3) is 0 Å². The van der Waals surface area contributed by atoms with Crippen molar-refractivity contribution in [2.45, 2.75) is 44.9 Å². The summed E-state index contributed by atoms with van der Waals surface area (Å²) in [7, 11) is 2.02. The van der Waals surface area contributed by atoms with E-state index in [1.807, 2.05) is 7.05 Å². The summed E-state index contributed by atoms with van der Waals surface area (Å²) in [5.41, 5.74) is 0. The van der Waals surface area contributed by atoms with Crippen LogP contribution in [-0.4, -0.2) is 76.9 Å². The zero-order valence-electron chi connectivity index (χ0n) is 12.4. The number of aliphatic hydroxyl groups excluding tert-OH is 1. The Balaban J connectivity index is 2.33. The monoisotopic (exact) mass is 287 g/mol. The van der Waals surface area contributed by atoms with E-state index in [-0.39, 0.29) is 13.0 Å². The van der Waals surface area contributed by atoms with Crippen LogP contribution in [0.3, 0.4) is 0 Å². The normalized spacial score (nSPS) is 22.6. The Morgan fingerprint density at radius 1 is 1.45 bits per heavy atom. The van der Waals surface area contributed by atoms with Gasteiger partial charge in [0, 0.05) is 25.6 Å². The first-order valence-electron chi connectivity index (χ1n) is 6.98. The molecule has 116 valence electrons. The van der Waals surface area contributed by atoms with Crippen LogP contribution in [0, 0.1) is 0 Å². The second kappa shape index (κ2) is 7.44. The molecule has 2 atom stereocenters. The first-order valence-corrected chi connectivity index (χ1v) is 6.98. The van der Waals surface area contributed by atoms with Crippen molar-refractivity contribution in [3.05, 3.63) is 0 Å². The predicted molar refractivity (Wildman–Crippen MR) is 74.5 cm³/mol. The highest BCUT2D eigenvalue weighted by Crippen LogP contribution is 2.17. The van der Waals surface area contributed by atoms with E-state index in [2.05, 4.69) is 24.1 Å². The minimum atomic E-state index is -1.07. The molecule has 2 unspecified atom stereocenters. The molecule has 1 saturated heterocycles. The number of urea groups is 1. The van der Waals surface area contributed by atoms with Crippen LogP contribution in [0.4, 0.5) is 4.79 Å². The third-order valence-corrected chi connectivity index (χ3v) is 3.67. The van der Waals surface area contributed by atoms with Crippen molar-refractivity contribution in [1.82, 2.24) is 15.1 Å². The highest BCUT2D eigenvalue weighted by molar-refractivity contribution is 5.83. The van der Waals surface area contributed by atoms with Gasteiger partial charge in [-0.05, 0) is 33.9 Å². The summed E-state index contributed by atoms with van der Waals surface area (Å²) < 4.78 is 0. The fourth-order valence-corrected chi connectivity index (χ4v) is 2.16. The maximum absolute atomic E-state index is 11.9. The fourth-order valence-electron chi connectivity index (χ4n) is 2.16. The van der Waals surface area contributed by atoms with Gasteiger partial charge in [0.25, 0.3) is 0 Å². The summed E-state index contributed by atoms with van der Waals surface area (Å²) in [6.07, 6.45) is 0.141. The van der Waals surface area contributed by atoms with Crippen molar-refractivity contribution in [2.75, 3.05) is 26.7 Å². The van der Waals surface area contributed by atoms with Gasteiger partial charge < -0.3 is 25.3 Å². The van der Waals surface area contributed by atoms with E-state index in [1.54, 1.807) is 0 Å². The number of nitrogens with one attached hydrogen (secondary N) is 1. The van der Waals surface area contributed by atoms with Crippen LogP contribution in [0.5, 0.6) is 0 Å². The van der Waals surface area contributed by atoms with Gasteiger partial charge in [0.15, 0.2) is 0 Å². The van der Waals surface area contributed by atoms with Crippen LogP contribution in [0.2, 0.25) is 0 Å². The number of hydrogen-bond acceptors (Lipinski definition) is 4. The van der Waals surface area contributed by atoms with Gasteiger partial charge in [0.05, 0.1) is 6.10 Å². The van der Waals surface area contributed by atoms with E-state index >= 15 is 0 Å². The van der Waals surface area contributed by atoms with Crippen molar-refractivity contribution in [3.8, 4) is 0 Å². The Morgan fingerprint density at radius 2 is 2.10 bits per heavy atom. The Labute approximate surface area is 119 Å². The molecule has 0 saturated carbocycles. The third kappa shape index (κ3) is 4.64. The first kappa shape index (κ1) is 16.7. The van der Waals surface area contributed by atoms with Crippen LogP contribution in [-0.2, 0) is 4.79 Å². The van der Waals surface area contributed by atoms with Crippen LogP contribution in [0.15, 0.2) is 0 Å². The average Bonchev–Trinajstić information content (AvgIpc) is 2.76. The number of hydrogen-bond donors (Lipinski definition) is 3. The number of aliphatic carboxylic acids is 1. The number of aliphatic hydroxyl groups is 1. The van der Waals surface area contributed by atoms with Crippen molar-refractivity contribution in [2.24, 2.45) is 0 Å². The maximum Gasteiger partial charge on any atom is 0.326 e. The summed E-state index contributed by atoms with van der Waals surface area (Å²) in [6.45, 7) is 5.63. The lowest BCUT2D eigenvalue weighted by Crippen LogP contribution is -2.46. The molecule has 0 radical (unpaired) electrons. The van der Waals surface area contributed by atoms with E-state index in [0.717, 1.165) is 13.0 Å². The van der Waals surface area contributed by atoms with E-state index in [9.17, 15) is 14.7 Å². The summed E-state index contributed by atoms with van der Waals surface area (Å²) in [5.74, 6) is -1.07. The van der Waals surface area contributed by atoms with E-state index in [0.29, 0.717) is 12.6 Å². The van der Waals surface area contributed by atoms with E-state index < -0.39 is 24.1 Å². The molecule has 20 heavy (non-hydrogen) atoms. The Hall–Kier alpha value is -1.34. The second-order valence-corrected chi connectivity index (χ2v) is 5.56. The van der Waals surface area contributed by atoms with Gasteiger partial charge in [-0.25, -0.2) is 9.59 Å². The Morgan fingerprint density at radius 3 is 2.65 bits per heavy atom. The number of nitrogens with zero attached hydrogens (tertiary/aromatic N) is 2. The molecule has 0 aliphatic carbocycles. The van der Waals surface area contributed by atoms with Gasteiger partial charge in [0.1, 0.15) is 6.04 Å². The van der Waals surface area contributed by atoms with Crippen molar-refractivity contribution >= 4 is 12.0 Å². The summed E-state index contributed by atoms with van der Waals surface area (Å²) in [6, 6.07) is -0.889. The molecular formula is C13H25N3O4. The molecule has 2 amide bonds. The first-order chi connectivity index (χ1) is 9.32. The number of rotatable bonds is 6. The molecule has 0 aromatic carbocycles. The molecule has 0 aromatic rings. The maximum atomic E-state index is 11.9. The highest BCUT2D eigenvalue weighted by Gasteiger charge is 2.38. The summed E-state index contributed by atoms with van der Waals surface area (Å²) in [4.78, 5) is 26.3. The molecule has 3 N–H and O–H groups in total. The number of likely N-dealkylation sites (tertiary alicyclic amines) is 1. The van der Waals surface area contributed by atoms with Crippen LogP contribution >= 0.6 is 0 Å². The van der Waals surface area contributed by atoms with Crippen LogP contribution in [0.1, 0.15) is 26.7 Å². The molecule has 1 heterocycles. The highest BCUT2D eigenvalue weighted by atomic mass is 16.4. The molecule has 1 fully saturated rings. The van der Waals surface area contributed by atoms with Gasteiger partial charge in [-0.15, -0.1) is 0 Å². The summed E-state index contributed by atoms with van der Waals surface area (Å²) in [5, 5.41) is 21.2. The SMILES string of the molecule is CC(C)N(C)CCCNC(=O)N1CC(O)CC1C(=O)O. The molecule has 1 aliphatic rings. The molecule has 0 aromatic heterocycles. The second-order valence-electron chi connectivity index (χ2n) is 5.56. The quantitative estimate of drug-likeness (QED) is 0.595. The van der Waals surface area contributed by atoms with Crippen molar-refractivity contribution in [1.29, 1.82) is 0 Å². The zero-order chi connectivity index (χ0) is 15.3. The standard InChI is InChI=1S/C13H25N3O4/c1-9(2)15(3)6-4-5-14-13(20)16-8-10(17)7-11(16)12(18)19/h9-11,17H,4-8H2,1-3H3,(H,14,20)(H,18,19). The fraction of sp³-hybridized carbons (Fsp3) is 0.846.